The van der Waals surface area contributed by atoms with Crippen LogP contribution in [0.25, 0.3) is 0 Å². The molecule has 1 unspecified atom stereocenters. The van der Waals surface area contributed by atoms with E-state index in [0.29, 0.717) is 12.5 Å². The molecular weight excluding hydrogens is 212 g/mol. The molecule has 0 aromatic rings. The Morgan fingerprint density at radius 3 is 2.88 bits per heavy atom. The van der Waals surface area contributed by atoms with Crippen LogP contribution in [0, 0.1) is 11.8 Å². The van der Waals surface area contributed by atoms with Crippen LogP contribution in [0.15, 0.2) is 4.99 Å². The topological polar surface area (TPSA) is 35.8 Å². The van der Waals surface area contributed by atoms with Crippen molar-refractivity contribution in [3.8, 4) is 0 Å². The van der Waals surface area contributed by atoms with Gasteiger partial charge in [0.05, 0.1) is 0 Å². The van der Waals surface area contributed by atoms with Crippen molar-refractivity contribution in [2.45, 2.75) is 44.6 Å². The number of aliphatic hydroxyl groups excluding tert-OH is 1. The van der Waals surface area contributed by atoms with Crippen LogP contribution in [0.5, 0.6) is 0 Å². The molecule has 1 heterocycles. The predicted molar refractivity (Wildman–Crippen MR) is 71.5 cm³/mol. The molecule has 0 aromatic heterocycles. The second-order valence-corrected chi connectivity index (χ2v) is 5.58. The Labute approximate surface area is 105 Å². The number of nitrogens with zero attached hydrogens (tertiary/aromatic N) is 2. The van der Waals surface area contributed by atoms with Gasteiger partial charge in [-0.25, -0.2) is 0 Å². The van der Waals surface area contributed by atoms with Gasteiger partial charge in [-0.2, -0.15) is 0 Å². The third-order valence-electron chi connectivity index (χ3n) is 4.45. The molecule has 1 aliphatic carbocycles. The molecule has 1 N–H and O–H groups in total. The van der Waals surface area contributed by atoms with Crippen molar-refractivity contribution in [3.05, 3.63) is 0 Å². The first-order chi connectivity index (χ1) is 8.35. The summed E-state index contributed by atoms with van der Waals surface area (Å²) in [5.41, 5.74) is 0. The van der Waals surface area contributed by atoms with E-state index in [2.05, 4.69) is 16.1 Å². The molecule has 3 heteroatoms. The smallest absolute Gasteiger partial charge is 0.0434 e. The molecule has 1 saturated heterocycles. The quantitative estimate of drug-likeness (QED) is 0.760. The molecule has 2 fully saturated rings. The largest absolute Gasteiger partial charge is 0.396 e. The van der Waals surface area contributed by atoms with E-state index in [1.54, 1.807) is 0 Å². The summed E-state index contributed by atoms with van der Waals surface area (Å²) >= 11 is 0. The average molecular weight is 238 g/mol. The SMILES string of the molecule is CN=CC1CCCC[C@@H]1N1CC[C@@H](CCO)C1. The number of aliphatic hydroxyl groups is 1. The van der Waals surface area contributed by atoms with Crippen LogP contribution in [0.1, 0.15) is 38.5 Å². The van der Waals surface area contributed by atoms with E-state index in [1.165, 1.54) is 45.2 Å². The van der Waals surface area contributed by atoms with Crippen LogP contribution in [0.4, 0.5) is 0 Å². The Bertz CT molecular complexity index is 255. The minimum absolute atomic E-state index is 0.350. The third kappa shape index (κ3) is 3.29. The van der Waals surface area contributed by atoms with Crippen molar-refractivity contribution in [1.29, 1.82) is 0 Å². The molecule has 2 aliphatic rings. The normalized spacial score (nSPS) is 35.8. The average Bonchev–Trinajstić information content (AvgIpc) is 2.79. The summed E-state index contributed by atoms with van der Waals surface area (Å²) in [7, 11) is 1.89. The van der Waals surface area contributed by atoms with Gasteiger partial charge in [-0.05, 0) is 38.1 Å². The zero-order chi connectivity index (χ0) is 12.1. The summed E-state index contributed by atoms with van der Waals surface area (Å²) in [5, 5.41) is 9.02. The van der Waals surface area contributed by atoms with Gasteiger partial charge in [0.2, 0.25) is 0 Å². The molecule has 0 amide bonds. The monoisotopic (exact) mass is 238 g/mol. The summed E-state index contributed by atoms with van der Waals surface area (Å²) in [4.78, 5) is 6.90. The first kappa shape index (κ1) is 13.0. The molecule has 1 saturated carbocycles. The Morgan fingerprint density at radius 2 is 2.12 bits per heavy atom. The Balaban J connectivity index is 1.91. The number of aliphatic imine (C=N–C) groups is 1. The van der Waals surface area contributed by atoms with Crippen LogP contribution in [0.3, 0.4) is 0 Å². The summed E-state index contributed by atoms with van der Waals surface area (Å²) < 4.78 is 0. The second-order valence-electron chi connectivity index (χ2n) is 5.58. The van der Waals surface area contributed by atoms with Gasteiger partial charge in [0.1, 0.15) is 0 Å². The molecule has 0 radical (unpaired) electrons. The lowest BCUT2D eigenvalue weighted by molar-refractivity contribution is 0.155. The highest BCUT2D eigenvalue weighted by Gasteiger charge is 2.33. The standard InChI is InChI=1S/C14H26N2O/c1-15-10-13-4-2-3-5-14(13)16-8-6-12(11-16)7-9-17/h10,12-14,17H,2-9,11H2,1H3/t12-,13?,14-/m0/s1. The minimum atomic E-state index is 0.350. The van der Waals surface area contributed by atoms with Crippen LogP contribution >= 0.6 is 0 Å². The van der Waals surface area contributed by atoms with Gasteiger partial charge in [0.15, 0.2) is 0 Å². The lowest BCUT2D eigenvalue weighted by Gasteiger charge is -2.36. The highest BCUT2D eigenvalue weighted by molar-refractivity contribution is 5.61. The number of rotatable bonds is 4. The fourth-order valence-electron chi connectivity index (χ4n) is 3.54. The molecule has 3 atom stereocenters. The van der Waals surface area contributed by atoms with Crippen LogP contribution < -0.4 is 0 Å². The Hall–Kier alpha value is -0.410. The van der Waals surface area contributed by atoms with Gasteiger partial charge in [-0.1, -0.05) is 12.8 Å². The second kappa shape index (κ2) is 6.50. The maximum atomic E-state index is 9.02. The molecule has 2 rings (SSSR count). The van der Waals surface area contributed by atoms with Gasteiger partial charge in [0.25, 0.3) is 0 Å². The van der Waals surface area contributed by atoms with E-state index >= 15 is 0 Å². The molecule has 17 heavy (non-hydrogen) atoms. The van der Waals surface area contributed by atoms with Crippen molar-refractivity contribution < 1.29 is 5.11 Å². The summed E-state index contributed by atoms with van der Waals surface area (Å²) in [6.45, 7) is 2.77. The van der Waals surface area contributed by atoms with Crippen LogP contribution in [-0.4, -0.2) is 49.0 Å². The van der Waals surface area contributed by atoms with E-state index in [0.717, 1.165) is 18.4 Å². The van der Waals surface area contributed by atoms with Gasteiger partial charge < -0.3 is 10.1 Å². The van der Waals surface area contributed by atoms with Gasteiger partial charge >= 0.3 is 0 Å². The van der Waals surface area contributed by atoms with E-state index in [-0.39, 0.29) is 0 Å². The summed E-state index contributed by atoms with van der Waals surface area (Å²) in [6.07, 6.45) is 9.80. The molecule has 98 valence electrons. The van der Waals surface area contributed by atoms with E-state index in [9.17, 15) is 0 Å². The highest BCUT2D eigenvalue weighted by Crippen LogP contribution is 2.31. The summed E-state index contributed by atoms with van der Waals surface area (Å²) in [5.74, 6) is 1.39. The fraction of sp³-hybridized carbons (Fsp3) is 0.929. The van der Waals surface area contributed by atoms with E-state index < -0.39 is 0 Å². The maximum absolute atomic E-state index is 9.02. The van der Waals surface area contributed by atoms with Gasteiger partial charge in [0, 0.05) is 38.4 Å². The number of likely N-dealkylation sites (tertiary alicyclic amines) is 1. The van der Waals surface area contributed by atoms with Gasteiger partial charge in [-0.15, -0.1) is 0 Å². The fourth-order valence-corrected chi connectivity index (χ4v) is 3.54. The zero-order valence-corrected chi connectivity index (χ0v) is 11.0. The Morgan fingerprint density at radius 1 is 1.29 bits per heavy atom. The van der Waals surface area contributed by atoms with E-state index in [4.69, 9.17) is 5.11 Å². The molecule has 0 aromatic carbocycles. The molecule has 1 aliphatic heterocycles. The number of hydrogen-bond acceptors (Lipinski definition) is 3. The molecule has 0 spiro atoms. The van der Waals surface area contributed by atoms with Gasteiger partial charge in [-0.3, -0.25) is 4.90 Å². The predicted octanol–water partition coefficient (Wildman–Crippen LogP) is 1.95. The van der Waals surface area contributed by atoms with Crippen LogP contribution in [-0.2, 0) is 0 Å². The van der Waals surface area contributed by atoms with Crippen molar-refractivity contribution in [3.63, 3.8) is 0 Å². The lowest BCUT2D eigenvalue weighted by Crippen LogP contribution is -2.41. The highest BCUT2D eigenvalue weighted by atomic mass is 16.3. The third-order valence-corrected chi connectivity index (χ3v) is 4.45. The minimum Gasteiger partial charge on any atom is -0.396 e. The van der Waals surface area contributed by atoms with Crippen molar-refractivity contribution in [1.82, 2.24) is 4.90 Å². The zero-order valence-electron chi connectivity index (χ0n) is 11.0. The summed E-state index contributed by atoms with van der Waals surface area (Å²) in [6, 6.07) is 0.719. The van der Waals surface area contributed by atoms with Crippen molar-refractivity contribution in [2.24, 2.45) is 16.8 Å². The molecule has 0 bridgehead atoms. The van der Waals surface area contributed by atoms with E-state index in [1.807, 2.05) is 7.05 Å². The van der Waals surface area contributed by atoms with Crippen LogP contribution in [0.2, 0.25) is 0 Å². The van der Waals surface area contributed by atoms with Crippen molar-refractivity contribution >= 4 is 6.21 Å². The molecular formula is C14H26N2O. The first-order valence-electron chi connectivity index (χ1n) is 7.12. The maximum Gasteiger partial charge on any atom is 0.0434 e. The first-order valence-corrected chi connectivity index (χ1v) is 7.12. The number of hydrogen-bond donors (Lipinski definition) is 1. The molecule has 3 nitrogen and oxygen atoms in total. The van der Waals surface area contributed by atoms with Crippen molar-refractivity contribution in [2.75, 3.05) is 26.7 Å². The lowest BCUT2D eigenvalue weighted by atomic mass is 9.84. The Kier molecular flexibility index (Phi) is 4.99.